The van der Waals surface area contributed by atoms with E-state index in [0.717, 1.165) is 17.5 Å². The van der Waals surface area contributed by atoms with Gasteiger partial charge in [-0.25, -0.2) is 0 Å². The lowest BCUT2D eigenvalue weighted by molar-refractivity contribution is 0.0695. The molecule has 0 saturated heterocycles. The van der Waals surface area contributed by atoms with Gasteiger partial charge in [0.2, 0.25) is 0 Å². The van der Waals surface area contributed by atoms with Crippen molar-refractivity contribution in [3.05, 3.63) is 60.2 Å². The molecule has 0 unspecified atom stereocenters. The summed E-state index contributed by atoms with van der Waals surface area (Å²) < 4.78 is 0. The Labute approximate surface area is 101 Å². The molecular weight excluding hydrogens is 212 g/mol. The second kappa shape index (κ2) is 5.06. The van der Waals surface area contributed by atoms with Gasteiger partial charge < -0.3 is 5.11 Å². The van der Waals surface area contributed by atoms with E-state index in [1.54, 1.807) is 24.8 Å². The van der Waals surface area contributed by atoms with Crippen molar-refractivity contribution in [2.75, 3.05) is 0 Å². The maximum absolute atomic E-state index is 10.9. The van der Waals surface area contributed by atoms with Crippen molar-refractivity contribution in [3.8, 4) is 0 Å². The maximum atomic E-state index is 10.9. The number of aliphatic hydroxyl groups is 1. The number of pyridine rings is 2. The van der Waals surface area contributed by atoms with E-state index in [1.165, 1.54) is 0 Å². The van der Waals surface area contributed by atoms with Gasteiger partial charge >= 0.3 is 0 Å². The van der Waals surface area contributed by atoms with E-state index in [9.17, 15) is 5.11 Å². The Bertz CT molecular complexity index is 417. The molecule has 2 rings (SSSR count). The van der Waals surface area contributed by atoms with Crippen LogP contribution in [-0.2, 0) is 5.60 Å². The molecule has 0 atom stereocenters. The van der Waals surface area contributed by atoms with Crippen molar-refractivity contribution < 1.29 is 5.11 Å². The Hall–Kier alpha value is -1.74. The van der Waals surface area contributed by atoms with Crippen LogP contribution in [0.15, 0.2) is 49.1 Å². The first-order chi connectivity index (χ1) is 8.27. The molecule has 88 valence electrons. The first kappa shape index (κ1) is 11.7. The average Bonchev–Trinajstić information content (AvgIpc) is 2.41. The van der Waals surface area contributed by atoms with Crippen molar-refractivity contribution in [3.63, 3.8) is 0 Å². The van der Waals surface area contributed by atoms with E-state index >= 15 is 0 Å². The molecule has 2 aromatic rings. The second-order valence-electron chi connectivity index (χ2n) is 4.09. The molecule has 0 aliphatic heterocycles. The van der Waals surface area contributed by atoms with Crippen molar-refractivity contribution >= 4 is 0 Å². The van der Waals surface area contributed by atoms with Crippen LogP contribution in [0.4, 0.5) is 0 Å². The van der Waals surface area contributed by atoms with Gasteiger partial charge in [0, 0.05) is 35.9 Å². The van der Waals surface area contributed by atoms with Crippen LogP contribution in [-0.4, -0.2) is 15.1 Å². The van der Waals surface area contributed by atoms with E-state index in [1.807, 2.05) is 24.3 Å². The van der Waals surface area contributed by atoms with Crippen molar-refractivity contribution in [2.45, 2.75) is 25.4 Å². The molecule has 3 nitrogen and oxygen atoms in total. The van der Waals surface area contributed by atoms with Crippen LogP contribution in [0, 0.1) is 0 Å². The molecule has 2 aromatic heterocycles. The van der Waals surface area contributed by atoms with E-state index in [4.69, 9.17) is 0 Å². The maximum Gasteiger partial charge on any atom is 0.118 e. The van der Waals surface area contributed by atoms with Gasteiger partial charge in [0.25, 0.3) is 0 Å². The molecule has 0 amide bonds. The van der Waals surface area contributed by atoms with E-state index in [0.29, 0.717) is 6.42 Å². The zero-order valence-electron chi connectivity index (χ0n) is 9.87. The van der Waals surface area contributed by atoms with Gasteiger partial charge in [-0.3, -0.25) is 9.97 Å². The molecule has 0 radical (unpaired) electrons. The number of hydrogen-bond donors (Lipinski definition) is 1. The molecule has 0 aliphatic rings. The predicted molar refractivity (Wildman–Crippen MR) is 66.4 cm³/mol. The Balaban J connectivity index is 2.47. The third kappa shape index (κ3) is 2.34. The monoisotopic (exact) mass is 228 g/mol. The minimum absolute atomic E-state index is 0.657. The molecule has 0 bridgehead atoms. The summed E-state index contributed by atoms with van der Waals surface area (Å²) in [6, 6.07) is 7.48. The first-order valence-electron chi connectivity index (χ1n) is 5.81. The number of aromatic nitrogens is 2. The van der Waals surface area contributed by atoms with Gasteiger partial charge in [0.1, 0.15) is 5.60 Å². The Morgan fingerprint density at radius 3 is 1.94 bits per heavy atom. The Morgan fingerprint density at radius 1 is 1.06 bits per heavy atom. The molecule has 3 heteroatoms. The zero-order chi connectivity index (χ0) is 12.1. The topological polar surface area (TPSA) is 46.0 Å². The lowest BCUT2D eigenvalue weighted by atomic mass is 9.84. The normalized spacial score (nSPS) is 11.4. The highest BCUT2D eigenvalue weighted by molar-refractivity contribution is 5.32. The lowest BCUT2D eigenvalue weighted by Gasteiger charge is -2.28. The van der Waals surface area contributed by atoms with Crippen molar-refractivity contribution in [1.29, 1.82) is 0 Å². The van der Waals surface area contributed by atoms with Crippen molar-refractivity contribution in [2.24, 2.45) is 0 Å². The van der Waals surface area contributed by atoms with Crippen LogP contribution in [0.5, 0.6) is 0 Å². The van der Waals surface area contributed by atoms with Crippen LogP contribution < -0.4 is 0 Å². The average molecular weight is 228 g/mol. The van der Waals surface area contributed by atoms with Crippen LogP contribution in [0.3, 0.4) is 0 Å². The van der Waals surface area contributed by atoms with Gasteiger partial charge in [0.15, 0.2) is 0 Å². The second-order valence-corrected chi connectivity index (χ2v) is 4.09. The van der Waals surface area contributed by atoms with Crippen LogP contribution >= 0.6 is 0 Å². The molecule has 0 saturated carbocycles. The SMILES string of the molecule is CCCC(O)(c1cccnc1)c1cccnc1. The van der Waals surface area contributed by atoms with Crippen LogP contribution in [0.25, 0.3) is 0 Å². The quantitative estimate of drug-likeness (QED) is 0.874. The van der Waals surface area contributed by atoms with Gasteiger partial charge in [-0.2, -0.15) is 0 Å². The number of rotatable bonds is 4. The predicted octanol–water partition coefficient (Wildman–Crippen LogP) is 2.51. The van der Waals surface area contributed by atoms with Gasteiger partial charge in [-0.1, -0.05) is 25.5 Å². The molecule has 2 heterocycles. The minimum atomic E-state index is -0.989. The fourth-order valence-corrected chi connectivity index (χ4v) is 2.03. The highest BCUT2D eigenvalue weighted by atomic mass is 16.3. The summed E-state index contributed by atoms with van der Waals surface area (Å²) in [5, 5.41) is 10.9. The standard InChI is InChI=1S/C14H16N2O/c1-2-7-14(17,12-5-3-8-15-10-12)13-6-4-9-16-11-13/h3-6,8-11,17H,2,7H2,1H3. The number of nitrogens with zero attached hydrogens (tertiary/aromatic N) is 2. The number of hydrogen-bond acceptors (Lipinski definition) is 3. The van der Waals surface area contributed by atoms with Gasteiger partial charge in [-0.15, -0.1) is 0 Å². The summed E-state index contributed by atoms with van der Waals surface area (Å²) in [7, 11) is 0. The highest BCUT2D eigenvalue weighted by Gasteiger charge is 2.30. The van der Waals surface area contributed by atoms with Crippen molar-refractivity contribution in [1.82, 2.24) is 9.97 Å². The fourth-order valence-electron chi connectivity index (χ4n) is 2.03. The zero-order valence-corrected chi connectivity index (χ0v) is 9.87. The molecular formula is C14H16N2O. The molecule has 1 N–H and O–H groups in total. The molecule has 0 aromatic carbocycles. The van der Waals surface area contributed by atoms with E-state index in [-0.39, 0.29) is 0 Å². The first-order valence-corrected chi connectivity index (χ1v) is 5.81. The van der Waals surface area contributed by atoms with E-state index < -0.39 is 5.60 Å². The van der Waals surface area contributed by atoms with Crippen LogP contribution in [0.1, 0.15) is 30.9 Å². The molecule has 0 fully saturated rings. The fraction of sp³-hybridized carbons (Fsp3) is 0.286. The van der Waals surface area contributed by atoms with Gasteiger partial charge in [0.05, 0.1) is 0 Å². The molecule has 0 spiro atoms. The Morgan fingerprint density at radius 2 is 1.59 bits per heavy atom. The third-order valence-corrected chi connectivity index (χ3v) is 2.89. The summed E-state index contributed by atoms with van der Waals surface area (Å²) in [6.45, 7) is 2.05. The third-order valence-electron chi connectivity index (χ3n) is 2.89. The van der Waals surface area contributed by atoms with E-state index in [2.05, 4.69) is 16.9 Å². The molecule has 17 heavy (non-hydrogen) atoms. The van der Waals surface area contributed by atoms with Gasteiger partial charge in [-0.05, 0) is 18.6 Å². The van der Waals surface area contributed by atoms with Crippen LogP contribution in [0.2, 0.25) is 0 Å². The highest BCUT2D eigenvalue weighted by Crippen LogP contribution is 2.32. The Kier molecular flexibility index (Phi) is 3.49. The lowest BCUT2D eigenvalue weighted by Crippen LogP contribution is -2.27. The smallest absolute Gasteiger partial charge is 0.118 e. The molecule has 0 aliphatic carbocycles. The largest absolute Gasteiger partial charge is 0.380 e. The summed E-state index contributed by atoms with van der Waals surface area (Å²) in [4.78, 5) is 8.16. The summed E-state index contributed by atoms with van der Waals surface area (Å²) in [5.41, 5.74) is 0.641. The summed E-state index contributed by atoms with van der Waals surface area (Å²) >= 11 is 0. The summed E-state index contributed by atoms with van der Waals surface area (Å²) in [5.74, 6) is 0. The summed E-state index contributed by atoms with van der Waals surface area (Å²) in [6.07, 6.45) is 8.38. The minimum Gasteiger partial charge on any atom is -0.380 e.